The van der Waals surface area contributed by atoms with Crippen LogP contribution in [-0.2, 0) is 13.0 Å². The summed E-state index contributed by atoms with van der Waals surface area (Å²) in [4.78, 5) is 0. The SMILES string of the molecule is CC(O)c1ccc(-c2ccc(CNCCc3ccc(Cl)cc3)o2)cc1.Cl. The molecule has 3 aromatic rings. The number of halogens is 2. The van der Waals surface area contributed by atoms with E-state index in [0.717, 1.165) is 40.6 Å². The summed E-state index contributed by atoms with van der Waals surface area (Å²) in [6, 6.07) is 19.7. The Kier molecular flexibility index (Phi) is 7.73. The maximum absolute atomic E-state index is 9.57. The van der Waals surface area contributed by atoms with Gasteiger partial charge in [0.05, 0.1) is 12.6 Å². The largest absolute Gasteiger partial charge is 0.460 e. The summed E-state index contributed by atoms with van der Waals surface area (Å²) in [5, 5.41) is 13.7. The van der Waals surface area contributed by atoms with Gasteiger partial charge in [0.15, 0.2) is 0 Å². The zero-order valence-electron chi connectivity index (χ0n) is 14.6. The lowest BCUT2D eigenvalue weighted by molar-refractivity contribution is 0.199. The van der Waals surface area contributed by atoms with Gasteiger partial charge in [-0.3, -0.25) is 0 Å². The Hall–Kier alpha value is -1.78. The van der Waals surface area contributed by atoms with Crippen LogP contribution in [0.3, 0.4) is 0 Å². The van der Waals surface area contributed by atoms with Crippen molar-refractivity contribution in [1.82, 2.24) is 5.32 Å². The fourth-order valence-corrected chi connectivity index (χ4v) is 2.78. The van der Waals surface area contributed by atoms with Crippen molar-refractivity contribution < 1.29 is 9.52 Å². The minimum absolute atomic E-state index is 0. The van der Waals surface area contributed by atoms with Crippen LogP contribution < -0.4 is 5.32 Å². The van der Waals surface area contributed by atoms with E-state index in [1.165, 1.54) is 5.56 Å². The summed E-state index contributed by atoms with van der Waals surface area (Å²) < 4.78 is 5.90. The van der Waals surface area contributed by atoms with Gasteiger partial charge in [-0.15, -0.1) is 12.4 Å². The molecule has 2 N–H and O–H groups in total. The molecule has 3 rings (SSSR count). The van der Waals surface area contributed by atoms with Crippen LogP contribution in [0.4, 0.5) is 0 Å². The topological polar surface area (TPSA) is 45.4 Å². The lowest BCUT2D eigenvalue weighted by atomic mass is 10.1. The van der Waals surface area contributed by atoms with Crippen molar-refractivity contribution in [3.63, 3.8) is 0 Å². The van der Waals surface area contributed by atoms with Crippen molar-refractivity contribution in [1.29, 1.82) is 0 Å². The van der Waals surface area contributed by atoms with Gasteiger partial charge in [0.2, 0.25) is 0 Å². The van der Waals surface area contributed by atoms with Crippen LogP contribution >= 0.6 is 24.0 Å². The van der Waals surface area contributed by atoms with E-state index in [2.05, 4.69) is 5.32 Å². The fourth-order valence-electron chi connectivity index (χ4n) is 2.65. The van der Waals surface area contributed by atoms with Gasteiger partial charge in [-0.2, -0.15) is 0 Å². The molecule has 0 fully saturated rings. The van der Waals surface area contributed by atoms with E-state index >= 15 is 0 Å². The molecule has 0 aliphatic rings. The molecule has 26 heavy (non-hydrogen) atoms. The third-order valence-electron chi connectivity index (χ3n) is 4.14. The first kappa shape index (κ1) is 20.5. The highest BCUT2D eigenvalue weighted by Gasteiger charge is 2.06. The van der Waals surface area contributed by atoms with Gasteiger partial charge in [0.25, 0.3) is 0 Å². The quantitative estimate of drug-likeness (QED) is 0.529. The first-order valence-electron chi connectivity index (χ1n) is 8.44. The molecule has 138 valence electrons. The molecule has 5 heteroatoms. The van der Waals surface area contributed by atoms with Crippen LogP contribution in [0, 0.1) is 0 Å². The number of aliphatic hydroxyl groups is 1. The minimum atomic E-state index is -0.453. The Bertz CT molecular complexity index is 796. The number of hydrogen-bond donors (Lipinski definition) is 2. The third-order valence-corrected chi connectivity index (χ3v) is 4.39. The molecular weight excluding hydrogens is 369 g/mol. The Balaban J connectivity index is 0.00000243. The second-order valence-corrected chi connectivity index (χ2v) is 6.55. The van der Waals surface area contributed by atoms with Gasteiger partial charge in [0.1, 0.15) is 11.5 Å². The third kappa shape index (κ3) is 5.61. The van der Waals surface area contributed by atoms with Crippen LogP contribution in [0.1, 0.15) is 29.9 Å². The zero-order valence-corrected chi connectivity index (χ0v) is 16.2. The van der Waals surface area contributed by atoms with Gasteiger partial charge >= 0.3 is 0 Å². The second-order valence-electron chi connectivity index (χ2n) is 6.12. The Labute approximate surface area is 165 Å². The van der Waals surface area contributed by atoms with Crippen LogP contribution in [0.5, 0.6) is 0 Å². The van der Waals surface area contributed by atoms with Gasteiger partial charge < -0.3 is 14.8 Å². The average Bonchev–Trinajstić information content (AvgIpc) is 3.09. The Morgan fingerprint density at radius 2 is 1.69 bits per heavy atom. The lowest BCUT2D eigenvalue weighted by Gasteiger charge is -2.05. The summed E-state index contributed by atoms with van der Waals surface area (Å²) in [6.07, 6.45) is 0.497. The number of hydrogen-bond acceptors (Lipinski definition) is 3. The molecule has 3 nitrogen and oxygen atoms in total. The van der Waals surface area contributed by atoms with Crippen molar-refractivity contribution in [2.45, 2.75) is 26.0 Å². The summed E-state index contributed by atoms with van der Waals surface area (Å²) in [7, 11) is 0. The average molecular weight is 392 g/mol. The van der Waals surface area contributed by atoms with Crippen LogP contribution in [0.25, 0.3) is 11.3 Å². The number of aliphatic hydroxyl groups excluding tert-OH is 1. The molecule has 0 spiro atoms. The molecule has 1 unspecified atom stereocenters. The normalized spacial score (nSPS) is 11.8. The van der Waals surface area contributed by atoms with Gasteiger partial charge in [-0.1, -0.05) is 48.0 Å². The van der Waals surface area contributed by atoms with Crippen LogP contribution in [0.2, 0.25) is 5.02 Å². The van der Waals surface area contributed by atoms with E-state index in [-0.39, 0.29) is 12.4 Å². The van der Waals surface area contributed by atoms with E-state index in [9.17, 15) is 5.11 Å². The van der Waals surface area contributed by atoms with E-state index in [4.69, 9.17) is 16.0 Å². The molecule has 2 aromatic carbocycles. The van der Waals surface area contributed by atoms with Crippen molar-refractivity contribution in [3.8, 4) is 11.3 Å². The standard InChI is InChI=1S/C21H22ClNO2.ClH/c1-15(24)17-4-6-18(7-5-17)21-11-10-20(25-21)14-23-13-12-16-2-8-19(22)9-3-16;/h2-11,15,23-24H,12-14H2,1H3;1H. The van der Waals surface area contributed by atoms with Gasteiger partial charge in [-0.05, 0) is 55.3 Å². The predicted molar refractivity (Wildman–Crippen MR) is 109 cm³/mol. The molecule has 0 aliphatic heterocycles. The highest BCUT2D eigenvalue weighted by atomic mass is 35.5. The number of rotatable bonds is 7. The molecule has 0 saturated heterocycles. The van der Waals surface area contributed by atoms with E-state index in [1.54, 1.807) is 6.92 Å². The first-order chi connectivity index (χ1) is 12.1. The summed E-state index contributed by atoms with van der Waals surface area (Å²) in [6.45, 7) is 3.33. The smallest absolute Gasteiger partial charge is 0.134 e. The van der Waals surface area contributed by atoms with Crippen molar-refractivity contribution in [2.75, 3.05) is 6.54 Å². The molecule has 0 radical (unpaired) electrons. The number of nitrogens with one attached hydrogen (secondary N) is 1. The monoisotopic (exact) mass is 391 g/mol. The number of furan rings is 1. The fraction of sp³-hybridized carbons (Fsp3) is 0.238. The van der Waals surface area contributed by atoms with Crippen molar-refractivity contribution in [3.05, 3.63) is 82.6 Å². The minimum Gasteiger partial charge on any atom is -0.460 e. The molecule has 0 amide bonds. The molecule has 1 atom stereocenters. The predicted octanol–water partition coefficient (Wildman–Crippen LogP) is 5.41. The zero-order chi connectivity index (χ0) is 17.6. The van der Waals surface area contributed by atoms with Gasteiger partial charge in [0, 0.05) is 10.6 Å². The molecular formula is C21H23Cl2NO2. The summed E-state index contributed by atoms with van der Waals surface area (Å²) >= 11 is 5.89. The Morgan fingerprint density at radius 3 is 2.35 bits per heavy atom. The number of benzene rings is 2. The maximum Gasteiger partial charge on any atom is 0.134 e. The molecule has 0 aliphatic carbocycles. The Morgan fingerprint density at radius 1 is 1.00 bits per heavy atom. The van der Waals surface area contributed by atoms with Crippen LogP contribution in [0.15, 0.2) is 65.1 Å². The molecule has 0 saturated carbocycles. The van der Waals surface area contributed by atoms with Gasteiger partial charge in [-0.25, -0.2) is 0 Å². The van der Waals surface area contributed by atoms with Crippen molar-refractivity contribution >= 4 is 24.0 Å². The molecule has 1 heterocycles. The first-order valence-corrected chi connectivity index (χ1v) is 8.82. The summed E-state index contributed by atoms with van der Waals surface area (Å²) in [5.74, 6) is 1.75. The molecule has 0 bridgehead atoms. The van der Waals surface area contributed by atoms with E-state index in [1.807, 2.05) is 60.7 Å². The van der Waals surface area contributed by atoms with Crippen molar-refractivity contribution in [2.24, 2.45) is 0 Å². The highest BCUT2D eigenvalue weighted by Crippen LogP contribution is 2.24. The van der Waals surface area contributed by atoms with E-state index in [0.29, 0.717) is 6.54 Å². The lowest BCUT2D eigenvalue weighted by Crippen LogP contribution is -2.16. The maximum atomic E-state index is 9.57. The summed E-state index contributed by atoms with van der Waals surface area (Å²) in [5.41, 5.74) is 3.17. The second kappa shape index (κ2) is 9.79. The molecule has 1 aromatic heterocycles. The van der Waals surface area contributed by atoms with Crippen LogP contribution in [-0.4, -0.2) is 11.7 Å². The van der Waals surface area contributed by atoms with E-state index < -0.39 is 6.10 Å². The highest BCUT2D eigenvalue weighted by molar-refractivity contribution is 6.30.